The predicted molar refractivity (Wildman–Crippen MR) is 77.7 cm³/mol. The van der Waals surface area contributed by atoms with Gasteiger partial charge in [0.25, 0.3) is 5.91 Å². The fourth-order valence-corrected chi connectivity index (χ4v) is 1.75. The number of nitrogens with one attached hydrogen (secondary N) is 1. The highest BCUT2D eigenvalue weighted by Gasteiger charge is 2.23. The Hall–Kier alpha value is -2.32. The second kappa shape index (κ2) is 6.73. The van der Waals surface area contributed by atoms with Crippen LogP contribution in [0.3, 0.4) is 0 Å². The maximum atomic E-state index is 12.1. The highest BCUT2D eigenvalue weighted by atomic mass is 16.2. The number of amides is 2. The lowest BCUT2D eigenvalue weighted by molar-refractivity contribution is -0.119. The highest BCUT2D eigenvalue weighted by molar-refractivity contribution is 5.95. The number of nitrogens with two attached hydrogens (primary N) is 2. The Labute approximate surface area is 118 Å². The number of hydrogen-bond acceptors (Lipinski definition) is 3. The zero-order chi connectivity index (χ0) is 15.2. The van der Waals surface area contributed by atoms with Gasteiger partial charge in [-0.15, -0.1) is 0 Å². The van der Waals surface area contributed by atoms with E-state index < -0.39 is 11.4 Å². The normalized spacial score (nSPS) is 10.3. The first-order valence-electron chi connectivity index (χ1n) is 6.24. The Morgan fingerprint density at radius 3 is 2.65 bits per heavy atom. The number of carbonyl (C=O) groups is 2. The Bertz CT molecular complexity index is 568. The molecule has 0 fully saturated rings. The molecule has 0 aromatic heterocycles. The molecule has 0 bridgehead atoms. The molecular weight excluding hydrogens is 254 g/mol. The molecule has 2 amide bonds. The van der Waals surface area contributed by atoms with Crippen molar-refractivity contribution in [1.29, 1.82) is 0 Å². The quantitative estimate of drug-likeness (QED) is 0.692. The van der Waals surface area contributed by atoms with E-state index in [0.717, 1.165) is 5.56 Å². The van der Waals surface area contributed by atoms with Crippen LogP contribution in [0, 0.1) is 11.8 Å². The maximum absolute atomic E-state index is 12.1. The second-order valence-electron chi connectivity index (χ2n) is 5.07. The lowest BCUT2D eigenvalue weighted by atomic mass is 9.99. The summed E-state index contributed by atoms with van der Waals surface area (Å²) in [6.45, 7) is 3.75. The average Bonchev–Trinajstić information content (AvgIpc) is 2.34. The Morgan fingerprint density at radius 1 is 1.35 bits per heavy atom. The van der Waals surface area contributed by atoms with Gasteiger partial charge < -0.3 is 16.8 Å². The van der Waals surface area contributed by atoms with Crippen LogP contribution in [-0.4, -0.2) is 23.9 Å². The molecule has 1 aromatic carbocycles. The van der Waals surface area contributed by atoms with Crippen LogP contribution in [0.15, 0.2) is 24.3 Å². The molecule has 106 valence electrons. The van der Waals surface area contributed by atoms with Crippen LogP contribution >= 0.6 is 0 Å². The van der Waals surface area contributed by atoms with E-state index in [0.29, 0.717) is 5.56 Å². The molecule has 0 radical (unpaired) electrons. The SMILES string of the molecule is CC(C)(CC(N)=O)NC(=O)c1cccc(C#CCN)c1. The highest BCUT2D eigenvalue weighted by Crippen LogP contribution is 2.11. The number of primary amides is 1. The van der Waals surface area contributed by atoms with Crippen LogP contribution in [0.2, 0.25) is 0 Å². The van der Waals surface area contributed by atoms with Crippen molar-refractivity contribution in [2.75, 3.05) is 6.54 Å². The van der Waals surface area contributed by atoms with Crippen molar-refractivity contribution >= 4 is 11.8 Å². The van der Waals surface area contributed by atoms with Crippen molar-refractivity contribution in [1.82, 2.24) is 5.32 Å². The number of benzene rings is 1. The summed E-state index contributed by atoms with van der Waals surface area (Å²) in [5.74, 6) is 4.86. The first-order chi connectivity index (χ1) is 9.34. The summed E-state index contributed by atoms with van der Waals surface area (Å²) < 4.78 is 0. The molecule has 1 rings (SSSR count). The third-order valence-corrected chi connectivity index (χ3v) is 2.53. The fourth-order valence-electron chi connectivity index (χ4n) is 1.75. The fraction of sp³-hybridized carbons (Fsp3) is 0.333. The third-order valence-electron chi connectivity index (χ3n) is 2.53. The van der Waals surface area contributed by atoms with Gasteiger partial charge in [0.2, 0.25) is 5.91 Å². The van der Waals surface area contributed by atoms with Gasteiger partial charge in [0.15, 0.2) is 0 Å². The van der Waals surface area contributed by atoms with E-state index in [4.69, 9.17) is 11.5 Å². The van der Waals surface area contributed by atoms with Crippen LogP contribution < -0.4 is 16.8 Å². The summed E-state index contributed by atoms with van der Waals surface area (Å²) in [5.41, 5.74) is 11.0. The Morgan fingerprint density at radius 2 is 2.05 bits per heavy atom. The van der Waals surface area contributed by atoms with Crippen LogP contribution in [0.5, 0.6) is 0 Å². The lowest BCUT2D eigenvalue weighted by Gasteiger charge is -2.24. The van der Waals surface area contributed by atoms with Gasteiger partial charge in [-0.3, -0.25) is 9.59 Å². The molecule has 0 aliphatic carbocycles. The Balaban J connectivity index is 2.85. The minimum atomic E-state index is -0.693. The summed E-state index contributed by atoms with van der Waals surface area (Å²) in [6, 6.07) is 6.91. The molecular formula is C15H19N3O2. The van der Waals surface area contributed by atoms with Gasteiger partial charge in [0.1, 0.15) is 0 Å². The number of hydrogen-bond donors (Lipinski definition) is 3. The lowest BCUT2D eigenvalue weighted by Crippen LogP contribution is -2.46. The van der Waals surface area contributed by atoms with Gasteiger partial charge in [-0.05, 0) is 32.0 Å². The van der Waals surface area contributed by atoms with E-state index in [1.165, 1.54) is 0 Å². The van der Waals surface area contributed by atoms with Crippen molar-refractivity contribution in [3.8, 4) is 11.8 Å². The molecule has 5 heteroatoms. The summed E-state index contributed by atoms with van der Waals surface area (Å²) in [6.07, 6.45) is 0.0748. The topological polar surface area (TPSA) is 98.2 Å². The van der Waals surface area contributed by atoms with E-state index in [1.807, 2.05) is 0 Å². The standard InChI is InChI=1S/C15H19N3O2/c1-15(2,10-13(17)19)18-14(20)12-7-3-5-11(9-12)6-4-8-16/h3,5,7,9H,8,10,16H2,1-2H3,(H2,17,19)(H,18,20). The third kappa shape index (κ3) is 5.12. The van der Waals surface area contributed by atoms with E-state index in [1.54, 1.807) is 38.1 Å². The van der Waals surface area contributed by atoms with Crippen molar-refractivity contribution in [3.63, 3.8) is 0 Å². The van der Waals surface area contributed by atoms with Crippen molar-refractivity contribution in [2.24, 2.45) is 11.5 Å². The first kappa shape index (κ1) is 15.7. The van der Waals surface area contributed by atoms with Crippen LogP contribution in [0.25, 0.3) is 0 Å². The van der Waals surface area contributed by atoms with Gasteiger partial charge in [-0.1, -0.05) is 17.9 Å². The van der Waals surface area contributed by atoms with Crippen molar-refractivity contribution in [2.45, 2.75) is 25.8 Å². The largest absolute Gasteiger partial charge is 0.370 e. The molecule has 0 saturated carbocycles. The summed E-state index contributed by atoms with van der Waals surface area (Å²) in [4.78, 5) is 23.1. The van der Waals surface area contributed by atoms with E-state index in [2.05, 4.69) is 17.2 Å². The van der Waals surface area contributed by atoms with Crippen molar-refractivity contribution in [3.05, 3.63) is 35.4 Å². The molecule has 0 spiro atoms. The summed E-state index contributed by atoms with van der Waals surface area (Å²) in [7, 11) is 0. The molecule has 5 N–H and O–H groups in total. The average molecular weight is 273 g/mol. The summed E-state index contributed by atoms with van der Waals surface area (Å²) in [5, 5.41) is 2.77. The van der Waals surface area contributed by atoms with Crippen LogP contribution in [0.4, 0.5) is 0 Å². The molecule has 0 aliphatic rings. The molecule has 0 heterocycles. The van der Waals surface area contributed by atoms with Gasteiger partial charge in [0.05, 0.1) is 6.54 Å². The van der Waals surface area contributed by atoms with Gasteiger partial charge >= 0.3 is 0 Å². The number of carbonyl (C=O) groups excluding carboxylic acids is 2. The molecule has 0 unspecified atom stereocenters. The van der Waals surface area contributed by atoms with Gasteiger partial charge in [-0.25, -0.2) is 0 Å². The zero-order valence-electron chi connectivity index (χ0n) is 11.7. The molecule has 0 saturated heterocycles. The van der Waals surface area contributed by atoms with Gasteiger partial charge in [-0.2, -0.15) is 0 Å². The maximum Gasteiger partial charge on any atom is 0.251 e. The Kier molecular flexibility index (Phi) is 5.30. The van der Waals surface area contributed by atoms with E-state index in [-0.39, 0.29) is 18.9 Å². The smallest absolute Gasteiger partial charge is 0.251 e. The zero-order valence-corrected chi connectivity index (χ0v) is 11.7. The second-order valence-corrected chi connectivity index (χ2v) is 5.07. The van der Waals surface area contributed by atoms with Crippen LogP contribution in [0.1, 0.15) is 36.2 Å². The molecule has 0 atom stereocenters. The van der Waals surface area contributed by atoms with E-state index in [9.17, 15) is 9.59 Å². The molecule has 0 aliphatic heterocycles. The number of rotatable bonds is 4. The molecule has 20 heavy (non-hydrogen) atoms. The minimum absolute atomic E-state index is 0.0748. The molecule has 1 aromatic rings. The monoisotopic (exact) mass is 273 g/mol. The van der Waals surface area contributed by atoms with Crippen molar-refractivity contribution < 1.29 is 9.59 Å². The minimum Gasteiger partial charge on any atom is -0.370 e. The first-order valence-corrected chi connectivity index (χ1v) is 6.24. The molecule has 5 nitrogen and oxygen atoms in total. The summed E-state index contributed by atoms with van der Waals surface area (Å²) >= 11 is 0. The van der Waals surface area contributed by atoms with Gasteiger partial charge in [0, 0.05) is 23.1 Å². The van der Waals surface area contributed by atoms with Crippen LogP contribution in [-0.2, 0) is 4.79 Å². The predicted octanol–water partition coefficient (Wildman–Crippen LogP) is 0.381. The van der Waals surface area contributed by atoms with E-state index >= 15 is 0 Å².